The third-order valence-electron chi connectivity index (χ3n) is 3.11. The number of phenolic OH excluding ortho intramolecular Hbond substituents is 1. The summed E-state index contributed by atoms with van der Waals surface area (Å²) in [4.78, 5) is 0. The van der Waals surface area contributed by atoms with E-state index in [4.69, 9.17) is 4.74 Å². The maximum Gasteiger partial charge on any atom is 0.119 e. The van der Waals surface area contributed by atoms with Gasteiger partial charge < -0.3 is 14.9 Å². The van der Waals surface area contributed by atoms with Crippen LogP contribution in [0.15, 0.2) is 48.5 Å². The van der Waals surface area contributed by atoms with E-state index in [0.29, 0.717) is 19.6 Å². The number of ether oxygens (including phenoxy) is 1. The van der Waals surface area contributed by atoms with Gasteiger partial charge in [-0.05, 0) is 36.8 Å². The molecule has 0 saturated carbocycles. The number of aliphatic hydroxyl groups excluding tert-OH is 1. The van der Waals surface area contributed by atoms with E-state index in [0.717, 1.165) is 11.3 Å². The maximum absolute atomic E-state index is 9.88. The van der Waals surface area contributed by atoms with Crippen LogP contribution in [0.2, 0.25) is 0 Å². The predicted octanol–water partition coefficient (Wildman–Crippen LogP) is 2.23. The number of aromatic hydroxyl groups is 1. The molecular weight excluding hydrogens is 266 g/mol. The minimum Gasteiger partial charge on any atom is -0.508 e. The summed E-state index contributed by atoms with van der Waals surface area (Å²) in [6, 6.07) is 14.7. The molecular formula is C17H21NO3. The van der Waals surface area contributed by atoms with E-state index in [1.165, 1.54) is 5.56 Å². The van der Waals surface area contributed by atoms with Gasteiger partial charge in [0, 0.05) is 13.0 Å². The van der Waals surface area contributed by atoms with Crippen LogP contribution in [0, 0.1) is 6.92 Å². The van der Waals surface area contributed by atoms with Crippen molar-refractivity contribution in [3.05, 3.63) is 59.7 Å². The van der Waals surface area contributed by atoms with Crippen LogP contribution in [-0.2, 0) is 6.42 Å². The van der Waals surface area contributed by atoms with Crippen LogP contribution in [0.25, 0.3) is 0 Å². The van der Waals surface area contributed by atoms with E-state index < -0.39 is 6.23 Å². The summed E-state index contributed by atoms with van der Waals surface area (Å²) in [7, 11) is 0. The molecule has 2 aromatic carbocycles. The van der Waals surface area contributed by atoms with E-state index in [1.54, 1.807) is 18.2 Å². The first-order chi connectivity index (χ1) is 10.1. The first-order valence-corrected chi connectivity index (χ1v) is 7.02. The summed E-state index contributed by atoms with van der Waals surface area (Å²) >= 11 is 0. The highest BCUT2D eigenvalue weighted by molar-refractivity contribution is 5.27. The van der Waals surface area contributed by atoms with Crippen molar-refractivity contribution in [3.8, 4) is 11.5 Å². The van der Waals surface area contributed by atoms with E-state index in [1.807, 2.05) is 37.3 Å². The molecule has 112 valence electrons. The fourth-order valence-corrected chi connectivity index (χ4v) is 2.01. The lowest BCUT2D eigenvalue weighted by atomic mass is 10.1. The van der Waals surface area contributed by atoms with Gasteiger partial charge in [0.15, 0.2) is 0 Å². The summed E-state index contributed by atoms with van der Waals surface area (Å²) in [5.74, 6) is 1.03. The van der Waals surface area contributed by atoms with Gasteiger partial charge in [0.2, 0.25) is 0 Å². The molecule has 1 atom stereocenters. The Labute approximate surface area is 125 Å². The molecule has 2 rings (SSSR count). The van der Waals surface area contributed by atoms with Crippen molar-refractivity contribution in [2.45, 2.75) is 19.6 Å². The molecule has 0 aromatic heterocycles. The SMILES string of the molecule is Cc1ccc(OCCNC(O)Cc2cccc(O)c2)cc1. The molecule has 4 nitrogen and oxygen atoms in total. The summed E-state index contributed by atoms with van der Waals surface area (Å²) in [5, 5.41) is 22.2. The number of hydrogen-bond acceptors (Lipinski definition) is 4. The van der Waals surface area contributed by atoms with Gasteiger partial charge in [-0.3, -0.25) is 5.32 Å². The normalized spacial score (nSPS) is 12.1. The standard InChI is InChI=1S/C17H21NO3/c1-13-5-7-16(8-6-13)21-10-9-18-17(20)12-14-3-2-4-15(19)11-14/h2-8,11,17-20H,9-10,12H2,1H3. The monoisotopic (exact) mass is 287 g/mol. The minimum atomic E-state index is -0.659. The predicted molar refractivity (Wildman–Crippen MR) is 82.5 cm³/mol. The van der Waals surface area contributed by atoms with Crippen LogP contribution >= 0.6 is 0 Å². The summed E-state index contributed by atoms with van der Waals surface area (Å²) in [6.45, 7) is 3.07. The highest BCUT2D eigenvalue weighted by Crippen LogP contribution is 2.12. The summed E-state index contributed by atoms with van der Waals surface area (Å²) in [6.07, 6.45) is -0.215. The van der Waals surface area contributed by atoms with Crippen molar-refractivity contribution in [2.75, 3.05) is 13.2 Å². The van der Waals surface area contributed by atoms with Gasteiger partial charge in [0.1, 0.15) is 24.3 Å². The molecule has 0 saturated heterocycles. The fraction of sp³-hybridized carbons (Fsp3) is 0.294. The van der Waals surface area contributed by atoms with Gasteiger partial charge in [-0.25, -0.2) is 0 Å². The molecule has 0 radical (unpaired) electrons. The average molecular weight is 287 g/mol. The molecule has 0 spiro atoms. The average Bonchev–Trinajstić information content (AvgIpc) is 2.45. The molecule has 3 N–H and O–H groups in total. The van der Waals surface area contributed by atoms with Gasteiger partial charge in [-0.1, -0.05) is 29.8 Å². The fourth-order valence-electron chi connectivity index (χ4n) is 2.01. The molecule has 0 fully saturated rings. The molecule has 0 heterocycles. The van der Waals surface area contributed by atoms with Crippen molar-refractivity contribution >= 4 is 0 Å². The van der Waals surface area contributed by atoms with Gasteiger partial charge in [0.25, 0.3) is 0 Å². The van der Waals surface area contributed by atoms with Crippen LogP contribution < -0.4 is 10.1 Å². The third-order valence-corrected chi connectivity index (χ3v) is 3.11. The van der Waals surface area contributed by atoms with E-state index in [2.05, 4.69) is 5.32 Å². The number of aliphatic hydroxyl groups is 1. The molecule has 0 aliphatic carbocycles. The van der Waals surface area contributed by atoms with Gasteiger partial charge in [0.05, 0.1) is 0 Å². The Morgan fingerprint density at radius 1 is 1.14 bits per heavy atom. The highest BCUT2D eigenvalue weighted by atomic mass is 16.5. The van der Waals surface area contributed by atoms with Gasteiger partial charge >= 0.3 is 0 Å². The number of benzene rings is 2. The Morgan fingerprint density at radius 3 is 2.62 bits per heavy atom. The lowest BCUT2D eigenvalue weighted by molar-refractivity contribution is 0.130. The zero-order valence-electron chi connectivity index (χ0n) is 12.1. The zero-order chi connectivity index (χ0) is 15.1. The molecule has 0 aliphatic heterocycles. The largest absolute Gasteiger partial charge is 0.508 e. The lowest BCUT2D eigenvalue weighted by Crippen LogP contribution is -2.34. The number of aryl methyl sites for hydroxylation is 1. The molecule has 2 aromatic rings. The molecule has 0 amide bonds. The van der Waals surface area contributed by atoms with Crippen molar-refractivity contribution in [2.24, 2.45) is 0 Å². The second-order valence-corrected chi connectivity index (χ2v) is 5.01. The quantitative estimate of drug-likeness (QED) is 0.540. The minimum absolute atomic E-state index is 0.211. The highest BCUT2D eigenvalue weighted by Gasteiger charge is 2.05. The second kappa shape index (κ2) is 7.67. The summed E-state index contributed by atoms with van der Waals surface area (Å²) in [5.41, 5.74) is 2.08. The second-order valence-electron chi connectivity index (χ2n) is 5.01. The van der Waals surface area contributed by atoms with Crippen LogP contribution in [0.4, 0.5) is 0 Å². The Kier molecular flexibility index (Phi) is 5.60. The Balaban J connectivity index is 1.67. The van der Waals surface area contributed by atoms with E-state index in [-0.39, 0.29) is 5.75 Å². The Bertz CT molecular complexity index is 554. The van der Waals surface area contributed by atoms with Gasteiger partial charge in [-0.15, -0.1) is 0 Å². The Hall–Kier alpha value is -2.04. The molecule has 0 aliphatic rings. The number of hydrogen-bond donors (Lipinski definition) is 3. The number of rotatable bonds is 7. The molecule has 4 heteroatoms. The molecule has 21 heavy (non-hydrogen) atoms. The zero-order valence-corrected chi connectivity index (χ0v) is 12.1. The van der Waals surface area contributed by atoms with Crippen molar-refractivity contribution in [1.29, 1.82) is 0 Å². The Morgan fingerprint density at radius 2 is 1.90 bits per heavy atom. The van der Waals surface area contributed by atoms with Crippen molar-refractivity contribution in [1.82, 2.24) is 5.32 Å². The van der Waals surface area contributed by atoms with Gasteiger partial charge in [-0.2, -0.15) is 0 Å². The lowest BCUT2D eigenvalue weighted by Gasteiger charge is -2.13. The maximum atomic E-state index is 9.88. The number of nitrogens with one attached hydrogen (secondary N) is 1. The van der Waals surface area contributed by atoms with E-state index in [9.17, 15) is 10.2 Å². The number of phenols is 1. The van der Waals surface area contributed by atoms with Crippen LogP contribution in [0.1, 0.15) is 11.1 Å². The van der Waals surface area contributed by atoms with Crippen molar-refractivity contribution in [3.63, 3.8) is 0 Å². The van der Waals surface area contributed by atoms with Crippen molar-refractivity contribution < 1.29 is 14.9 Å². The first kappa shape index (κ1) is 15.4. The molecule has 1 unspecified atom stereocenters. The smallest absolute Gasteiger partial charge is 0.119 e. The summed E-state index contributed by atoms with van der Waals surface area (Å²) < 4.78 is 5.57. The van der Waals surface area contributed by atoms with Crippen LogP contribution in [0.5, 0.6) is 11.5 Å². The van der Waals surface area contributed by atoms with Crippen LogP contribution in [0.3, 0.4) is 0 Å². The van der Waals surface area contributed by atoms with E-state index >= 15 is 0 Å². The molecule has 0 bridgehead atoms. The first-order valence-electron chi connectivity index (χ1n) is 7.02. The third kappa shape index (κ3) is 5.45. The van der Waals surface area contributed by atoms with Crippen LogP contribution in [-0.4, -0.2) is 29.6 Å². The topological polar surface area (TPSA) is 61.7 Å².